The van der Waals surface area contributed by atoms with Crippen LogP contribution in [-0.4, -0.2) is 30.0 Å². The minimum absolute atomic E-state index is 0.251. The second kappa shape index (κ2) is 4.73. The zero-order valence-electron chi connectivity index (χ0n) is 10.5. The molecule has 1 aliphatic rings. The maximum absolute atomic E-state index is 11.7. The Hall–Kier alpha value is -1.18. The van der Waals surface area contributed by atoms with Gasteiger partial charge in [-0.25, -0.2) is 13.4 Å². The molecule has 0 spiro atoms. The molecule has 0 aromatic carbocycles. The van der Waals surface area contributed by atoms with Gasteiger partial charge in [0.15, 0.2) is 10.8 Å². The van der Waals surface area contributed by atoms with Crippen LogP contribution in [0.3, 0.4) is 0 Å². The highest BCUT2D eigenvalue weighted by Crippen LogP contribution is 2.27. The molecule has 0 aliphatic carbocycles. The number of rotatable bonds is 3. The zero-order chi connectivity index (χ0) is 13.5. The third-order valence-electron chi connectivity index (χ3n) is 3.04. The third-order valence-corrected chi connectivity index (χ3v) is 5.85. The summed E-state index contributed by atoms with van der Waals surface area (Å²) >= 11 is 1.47. The molecular formula is C12H14N2O3S2. The summed E-state index contributed by atoms with van der Waals surface area (Å²) in [6, 6.07) is 3.77. The topological polar surface area (TPSA) is 63.4 Å². The van der Waals surface area contributed by atoms with E-state index in [4.69, 9.17) is 4.42 Å². The van der Waals surface area contributed by atoms with Crippen LogP contribution >= 0.6 is 11.3 Å². The maximum atomic E-state index is 11.7. The van der Waals surface area contributed by atoms with E-state index in [1.54, 1.807) is 0 Å². The molecular weight excluding hydrogens is 284 g/mol. The van der Waals surface area contributed by atoms with Crippen LogP contribution in [0.5, 0.6) is 0 Å². The van der Waals surface area contributed by atoms with Crippen molar-refractivity contribution in [3.63, 3.8) is 0 Å². The van der Waals surface area contributed by atoms with Crippen molar-refractivity contribution in [2.75, 3.05) is 12.3 Å². The van der Waals surface area contributed by atoms with E-state index in [9.17, 15) is 8.42 Å². The second-order valence-electron chi connectivity index (χ2n) is 4.56. The largest absolute Gasteiger partial charge is 0.459 e. The van der Waals surface area contributed by atoms with Gasteiger partial charge in [-0.2, -0.15) is 4.31 Å². The molecule has 102 valence electrons. The van der Waals surface area contributed by atoms with E-state index in [1.165, 1.54) is 15.6 Å². The number of aryl methyl sites for hydroxylation is 1. The monoisotopic (exact) mass is 298 g/mol. The number of aromatic nitrogens is 1. The van der Waals surface area contributed by atoms with E-state index in [0.29, 0.717) is 19.5 Å². The number of nitrogens with zero attached hydrogens (tertiary/aromatic N) is 2. The van der Waals surface area contributed by atoms with E-state index in [1.807, 2.05) is 24.4 Å². The molecule has 2 aromatic heterocycles. The Kier molecular flexibility index (Phi) is 3.20. The van der Waals surface area contributed by atoms with Gasteiger partial charge >= 0.3 is 0 Å². The fraction of sp³-hybridized carbons (Fsp3) is 0.417. The third kappa shape index (κ3) is 2.58. The summed E-state index contributed by atoms with van der Waals surface area (Å²) in [6.45, 7) is 2.84. The quantitative estimate of drug-likeness (QED) is 0.872. The molecule has 0 bridgehead atoms. The normalized spacial score (nSPS) is 19.0. The van der Waals surface area contributed by atoms with Gasteiger partial charge in [-0.1, -0.05) is 0 Å². The van der Waals surface area contributed by atoms with Gasteiger partial charge in [0, 0.05) is 11.9 Å². The van der Waals surface area contributed by atoms with Gasteiger partial charge in [0.2, 0.25) is 10.0 Å². The van der Waals surface area contributed by atoms with Gasteiger partial charge in [0.1, 0.15) is 5.76 Å². The Morgan fingerprint density at radius 1 is 1.47 bits per heavy atom. The highest BCUT2D eigenvalue weighted by Gasteiger charge is 2.28. The SMILES string of the molecule is Cc1ccc(-c2nc(CN3CCCS3(=O)=O)cs2)o1. The van der Waals surface area contributed by atoms with E-state index in [-0.39, 0.29) is 5.75 Å². The predicted molar refractivity (Wildman–Crippen MR) is 73.4 cm³/mol. The average Bonchev–Trinajstić information content (AvgIpc) is 3.02. The molecule has 2 aromatic rings. The number of hydrogen-bond acceptors (Lipinski definition) is 5. The summed E-state index contributed by atoms with van der Waals surface area (Å²) in [6.07, 6.45) is 0.705. The minimum atomic E-state index is -3.06. The molecule has 0 atom stereocenters. The van der Waals surface area contributed by atoms with E-state index in [2.05, 4.69) is 4.98 Å². The van der Waals surface area contributed by atoms with Crippen molar-refractivity contribution in [2.45, 2.75) is 19.9 Å². The average molecular weight is 298 g/mol. The van der Waals surface area contributed by atoms with Crippen molar-refractivity contribution in [2.24, 2.45) is 0 Å². The Morgan fingerprint density at radius 3 is 2.95 bits per heavy atom. The lowest BCUT2D eigenvalue weighted by atomic mass is 10.4. The smallest absolute Gasteiger partial charge is 0.214 e. The molecule has 7 heteroatoms. The lowest BCUT2D eigenvalue weighted by molar-refractivity contribution is 0.436. The highest BCUT2D eigenvalue weighted by molar-refractivity contribution is 7.89. The van der Waals surface area contributed by atoms with Crippen LogP contribution < -0.4 is 0 Å². The molecule has 1 aliphatic heterocycles. The van der Waals surface area contributed by atoms with Gasteiger partial charge in [-0.3, -0.25) is 0 Å². The Morgan fingerprint density at radius 2 is 2.32 bits per heavy atom. The molecule has 19 heavy (non-hydrogen) atoms. The molecule has 5 nitrogen and oxygen atoms in total. The van der Waals surface area contributed by atoms with Crippen LogP contribution in [0.15, 0.2) is 21.9 Å². The lowest BCUT2D eigenvalue weighted by Gasteiger charge is -2.11. The van der Waals surface area contributed by atoms with Gasteiger partial charge in [-0.15, -0.1) is 11.3 Å². The first-order valence-corrected chi connectivity index (χ1v) is 8.52. The number of furan rings is 1. The Balaban J connectivity index is 1.79. The first-order valence-electron chi connectivity index (χ1n) is 6.04. The fourth-order valence-corrected chi connectivity index (χ4v) is 4.35. The predicted octanol–water partition coefficient (Wildman–Crippen LogP) is 2.25. The zero-order valence-corrected chi connectivity index (χ0v) is 12.1. The number of sulfonamides is 1. The van der Waals surface area contributed by atoms with E-state index in [0.717, 1.165) is 22.2 Å². The van der Waals surface area contributed by atoms with Crippen LogP contribution in [0.25, 0.3) is 10.8 Å². The van der Waals surface area contributed by atoms with Crippen molar-refractivity contribution in [3.05, 3.63) is 29.0 Å². The maximum Gasteiger partial charge on any atom is 0.214 e. The van der Waals surface area contributed by atoms with Crippen LogP contribution in [0.2, 0.25) is 0 Å². The molecule has 0 amide bonds. The van der Waals surface area contributed by atoms with E-state index >= 15 is 0 Å². The summed E-state index contributed by atoms with van der Waals surface area (Å²) in [5, 5.41) is 2.68. The van der Waals surface area contributed by atoms with Gasteiger partial charge in [0.25, 0.3) is 0 Å². The van der Waals surface area contributed by atoms with Crippen molar-refractivity contribution < 1.29 is 12.8 Å². The van der Waals surface area contributed by atoms with Crippen LogP contribution in [0.4, 0.5) is 0 Å². The van der Waals surface area contributed by atoms with Crippen molar-refractivity contribution in [1.29, 1.82) is 0 Å². The summed E-state index contributed by atoms with van der Waals surface area (Å²) < 4.78 is 30.5. The highest BCUT2D eigenvalue weighted by atomic mass is 32.2. The Bertz CT molecular complexity index is 687. The number of hydrogen-bond donors (Lipinski definition) is 0. The van der Waals surface area contributed by atoms with Crippen molar-refractivity contribution in [3.8, 4) is 10.8 Å². The van der Waals surface area contributed by atoms with Gasteiger partial charge in [0.05, 0.1) is 18.0 Å². The standard InChI is InChI=1S/C12H14N2O3S2/c1-9-3-4-11(17-9)12-13-10(8-18-12)7-14-5-2-6-19(14,15)16/h3-4,8H,2,5-7H2,1H3. The van der Waals surface area contributed by atoms with Crippen LogP contribution in [0, 0.1) is 6.92 Å². The molecule has 0 N–H and O–H groups in total. The Labute approximate surface area is 115 Å². The fourth-order valence-electron chi connectivity index (χ4n) is 2.09. The molecule has 1 saturated heterocycles. The number of thiazole rings is 1. The first-order chi connectivity index (χ1) is 9.04. The molecule has 0 unspecified atom stereocenters. The molecule has 1 fully saturated rings. The van der Waals surface area contributed by atoms with Crippen LogP contribution in [0.1, 0.15) is 17.9 Å². The minimum Gasteiger partial charge on any atom is -0.459 e. The second-order valence-corrected chi connectivity index (χ2v) is 7.50. The first kappa shape index (κ1) is 12.8. The lowest BCUT2D eigenvalue weighted by Crippen LogP contribution is -2.25. The van der Waals surface area contributed by atoms with E-state index < -0.39 is 10.0 Å². The van der Waals surface area contributed by atoms with Crippen LogP contribution in [-0.2, 0) is 16.6 Å². The summed E-state index contributed by atoms with van der Waals surface area (Å²) in [7, 11) is -3.06. The molecule has 3 rings (SSSR count). The summed E-state index contributed by atoms with van der Waals surface area (Å²) in [5.74, 6) is 1.83. The van der Waals surface area contributed by atoms with Gasteiger partial charge < -0.3 is 4.42 Å². The summed E-state index contributed by atoms with van der Waals surface area (Å²) in [4.78, 5) is 4.44. The van der Waals surface area contributed by atoms with Crippen molar-refractivity contribution in [1.82, 2.24) is 9.29 Å². The van der Waals surface area contributed by atoms with Gasteiger partial charge in [-0.05, 0) is 25.5 Å². The summed E-state index contributed by atoms with van der Waals surface area (Å²) in [5.41, 5.74) is 0.777. The van der Waals surface area contributed by atoms with Crippen molar-refractivity contribution >= 4 is 21.4 Å². The molecule has 3 heterocycles. The molecule has 0 saturated carbocycles. The molecule has 0 radical (unpaired) electrons.